The average Bonchev–Trinajstić information content (AvgIpc) is 2.01. The third-order valence-electron chi connectivity index (χ3n) is 1.46. The van der Waals surface area contributed by atoms with Gasteiger partial charge in [0, 0.05) is 0 Å². The molecular weight excluding hydrogens is 205 g/mol. The van der Waals surface area contributed by atoms with Crippen LogP contribution in [0.5, 0.6) is 0 Å². The van der Waals surface area contributed by atoms with Crippen molar-refractivity contribution in [2.45, 2.75) is 13.8 Å². The van der Waals surface area contributed by atoms with Crippen molar-refractivity contribution in [1.82, 2.24) is 4.67 Å². The number of hydrogen-bond acceptors (Lipinski definition) is 3. The van der Waals surface area contributed by atoms with Crippen molar-refractivity contribution in [3.05, 3.63) is 11.6 Å². The fourth-order valence-electron chi connectivity index (χ4n) is 0.779. The molecule has 0 aromatic heterocycles. The molecule has 0 amide bonds. The van der Waals surface area contributed by atoms with E-state index in [0.717, 1.165) is 17.0 Å². The van der Waals surface area contributed by atoms with Crippen LogP contribution in [-0.4, -0.2) is 30.5 Å². The van der Waals surface area contributed by atoms with E-state index in [1.54, 1.807) is 20.4 Å². The van der Waals surface area contributed by atoms with Crippen LogP contribution in [0.15, 0.2) is 11.6 Å². The van der Waals surface area contributed by atoms with Gasteiger partial charge in [0.2, 0.25) is 5.52 Å². The molecule has 0 aromatic carbocycles. The summed E-state index contributed by atoms with van der Waals surface area (Å²) >= 11 is 1.12. The summed E-state index contributed by atoms with van der Waals surface area (Å²) in [5.41, 5.74) is 0.589. The average molecular weight is 221 g/mol. The minimum atomic E-state index is -2.88. The monoisotopic (exact) mass is 221 g/mol. The van der Waals surface area contributed by atoms with Gasteiger partial charge in [-0.15, -0.1) is 0 Å². The highest BCUT2D eigenvalue weighted by molar-refractivity contribution is 8.61. The Labute approximate surface area is 83.7 Å². The van der Waals surface area contributed by atoms with Crippen molar-refractivity contribution in [2.24, 2.45) is 0 Å². The predicted octanol–water partition coefficient (Wildman–Crippen LogP) is 2.60. The standard InChI is InChI=1S/C8H16NO2PS/c1-7(2)6-8(10)12(11,13-5)9(3)4/h6H,1-5H3. The molecule has 76 valence electrons. The van der Waals surface area contributed by atoms with Gasteiger partial charge in [0.1, 0.15) is 0 Å². The second kappa shape index (κ2) is 4.99. The van der Waals surface area contributed by atoms with Gasteiger partial charge in [-0.05, 0) is 40.3 Å². The minimum absolute atomic E-state index is 0.287. The molecule has 0 spiro atoms. The van der Waals surface area contributed by atoms with Crippen LogP contribution in [0.2, 0.25) is 0 Å². The van der Waals surface area contributed by atoms with Gasteiger partial charge in [-0.2, -0.15) is 0 Å². The Morgan fingerprint density at radius 2 is 1.85 bits per heavy atom. The zero-order valence-corrected chi connectivity index (χ0v) is 10.4. The van der Waals surface area contributed by atoms with Crippen LogP contribution in [0, 0.1) is 0 Å². The summed E-state index contributed by atoms with van der Waals surface area (Å²) in [7, 11) is 3.32. The Bertz CT molecular complexity index is 269. The van der Waals surface area contributed by atoms with E-state index < -0.39 is 6.49 Å². The maximum absolute atomic E-state index is 12.0. The molecule has 1 unspecified atom stereocenters. The molecule has 0 aliphatic heterocycles. The molecule has 0 saturated carbocycles. The number of carbonyl (C=O) groups is 1. The Balaban J connectivity index is 4.91. The van der Waals surface area contributed by atoms with E-state index in [-0.39, 0.29) is 5.52 Å². The van der Waals surface area contributed by atoms with Gasteiger partial charge in [-0.3, -0.25) is 9.36 Å². The summed E-state index contributed by atoms with van der Waals surface area (Å²) in [6.07, 6.45) is 3.13. The minimum Gasteiger partial charge on any atom is -0.286 e. The lowest BCUT2D eigenvalue weighted by atomic mass is 10.3. The predicted molar refractivity (Wildman–Crippen MR) is 59.2 cm³/mol. The van der Waals surface area contributed by atoms with E-state index in [1.165, 1.54) is 10.7 Å². The number of rotatable bonds is 4. The maximum atomic E-state index is 12.0. The lowest BCUT2D eigenvalue weighted by Gasteiger charge is -2.19. The van der Waals surface area contributed by atoms with E-state index >= 15 is 0 Å². The molecule has 5 heteroatoms. The Morgan fingerprint density at radius 1 is 1.38 bits per heavy atom. The van der Waals surface area contributed by atoms with Crippen LogP contribution in [0.3, 0.4) is 0 Å². The van der Waals surface area contributed by atoms with Gasteiger partial charge >= 0.3 is 0 Å². The van der Waals surface area contributed by atoms with Gasteiger partial charge in [0.15, 0.2) is 0 Å². The molecule has 0 rings (SSSR count). The van der Waals surface area contributed by atoms with Crippen LogP contribution < -0.4 is 0 Å². The Kier molecular flexibility index (Phi) is 4.97. The maximum Gasteiger partial charge on any atom is 0.269 e. The summed E-state index contributed by atoms with van der Waals surface area (Å²) in [5, 5.41) is 0. The van der Waals surface area contributed by atoms with Crippen molar-refractivity contribution in [3.63, 3.8) is 0 Å². The van der Waals surface area contributed by atoms with Crippen LogP contribution >= 0.6 is 17.9 Å². The molecule has 0 aliphatic rings. The van der Waals surface area contributed by atoms with Crippen LogP contribution in [0.1, 0.15) is 13.8 Å². The van der Waals surface area contributed by atoms with Crippen molar-refractivity contribution in [1.29, 1.82) is 0 Å². The van der Waals surface area contributed by atoms with Gasteiger partial charge in [0.25, 0.3) is 6.49 Å². The molecule has 0 radical (unpaired) electrons. The topological polar surface area (TPSA) is 37.4 Å². The quantitative estimate of drug-likeness (QED) is 0.540. The molecule has 3 nitrogen and oxygen atoms in total. The highest BCUT2D eigenvalue weighted by Crippen LogP contribution is 2.59. The van der Waals surface area contributed by atoms with Gasteiger partial charge < -0.3 is 0 Å². The van der Waals surface area contributed by atoms with Crippen molar-refractivity contribution in [2.75, 3.05) is 20.4 Å². The smallest absolute Gasteiger partial charge is 0.269 e. The first-order chi connectivity index (χ1) is 5.84. The Hall–Kier alpha value is -0.0500. The van der Waals surface area contributed by atoms with E-state index in [9.17, 15) is 9.36 Å². The van der Waals surface area contributed by atoms with Crippen molar-refractivity contribution >= 4 is 23.4 Å². The number of carbonyl (C=O) groups excluding carboxylic acids is 1. The zero-order chi connectivity index (χ0) is 10.6. The van der Waals surface area contributed by atoms with E-state index in [0.29, 0.717) is 0 Å². The summed E-state index contributed by atoms with van der Waals surface area (Å²) in [4.78, 5) is 11.5. The van der Waals surface area contributed by atoms with Crippen LogP contribution in [0.25, 0.3) is 0 Å². The molecule has 0 aromatic rings. The molecule has 0 N–H and O–H groups in total. The molecule has 0 bridgehead atoms. The van der Waals surface area contributed by atoms with Crippen molar-refractivity contribution in [3.8, 4) is 0 Å². The summed E-state index contributed by atoms with van der Waals surface area (Å²) < 4.78 is 13.5. The first-order valence-electron chi connectivity index (χ1n) is 3.87. The van der Waals surface area contributed by atoms with Gasteiger partial charge in [-0.1, -0.05) is 17.0 Å². The largest absolute Gasteiger partial charge is 0.286 e. The van der Waals surface area contributed by atoms with Crippen molar-refractivity contribution < 1.29 is 9.36 Å². The fraction of sp³-hybridized carbons (Fsp3) is 0.625. The van der Waals surface area contributed by atoms with E-state index in [1.807, 2.05) is 13.8 Å². The number of hydrogen-bond donors (Lipinski definition) is 0. The van der Waals surface area contributed by atoms with Gasteiger partial charge in [-0.25, -0.2) is 4.67 Å². The molecule has 13 heavy (non-hydrogen) atoms. The second-order valence-corrected chi connectivity index (χ2v) is 8.34. The lowest BCUT2D eigenvalue weighted by Crippen LogP contribution is -2.11. The van der Waals surface area contributed by atoms with E-state index in [2.05, 4.69) is 0 Å². The lowest BCUT2D eigenvalue weighted by molar-refractivity contribution is -0.108. The first-order valence-corrected chi connectivity index (χ1v) is 7.36. The van der Waals surface area contributed by atoms with E-state index in [4.69, 9.17) is 0 Å². The molecule has 0 heterocycles. The fourth-order valence-corrected chi connectivity index (χ4v) is 3.78. The zero-order valence-electron chi connectivity index (χ0n) is 8.70. The highest BCUT2D eigenvalue weighted by Gasteiger charge is 2.31. The molecular formula is C8H16NO2PS. The summed E-state index contributed by atoms with van der Waals surface area (Å²) in [6, 6.07) is 0. The third-order valence-corrected chi connectivity index (χ3v) is 6.70. The normalized spacial score (nSPS) is 15.2. The molecule has 1 atom stereocenters. The van der Waals surface area contributed by atoms with Gasteiger partial charge in [0.05, 0.1) is 0 Å². The molecule has 0 aliphatic carbocycles. The molecule has 0 saturated heterocycles. The van der Waals surface area contributed by atoms with Crippen LogP contribution in [-0.2, 0) is 9.36 Å². The summed E-state index contributed by atoms with van der Waals surface area (Å²) in [6.45, 7) is 0.753. The molecule has 0 fully saturated rings. The second-order valence-electron chi connectivity index (χ2n) is 3.11. The summed E-state index contributed by atoms with van der Waals surface area (Å²) in [5.74, 6) is 0. The third kappa shape index (κ3) is 3.29. The highest BCUT2D eigenvalue weighted by atomic mass is 32.7. The number of allylic oxidation sites excluding steroid dienone is 2. The Morgan fingerprint density at radius 3 is 2.08 bits per heavy atom. The van der Waals surface area contributed by atoms with Crippen LogP contribution in [0.4, 0.5) is 0 Å². The SMILES string of the molecule is CSP(=O)(C(=O)C=C(C)C)N(C)C. The first kappa shape index (κ1) is 12.9. The number of nitrogens with zero attached hydrogens (tertiary/aromatic N) is 1.